The molecule has 0 amide bonds. The first-order valence-electron chi connectivity index (χ1n) is 9.67. The summed E-state index contributed by atoms with van der Waals surface area (Å²) >= 11 is 3.60. The van der Waals surface area contributed by atoms with Crippen LogP contribution < -0.4 is 0 Å². The second kappa shape index (κ2) is 5.80. The summed E-state index contributed by atoms with van der Waals surface area (Å²) in [7, 11) is 0. The fourth-order valence-electron chi connectivity index (χ4n) is 6.00. The van der Waals surface area contributed by atoms with Gasteiger partial charge in [0.2, 0.25) is 4.96 Å². The first kappa shape index (κ1) is 15.6. The van der Waals surface area contributed by atoms with Crippen molar-refractivity contribution in [1.29, 1.82) is 0 Å². The fraction of sp³-hybridized carbons (Fsp3) is 0.550. The summed E-state index contributed by atoms with van der Waals surface area (Å²) < 4.78 is 2.02. The highest BCUT2D eigenvalue weighted by Gasteiger charge is 2.53. The highest BCUT2D eigenvalue weighted by Crippen LogP contribution is 2.61. The van der Waals surface area contributed by atoms with Crippen LogP contribution in [0.4, 0.5) is 0 Å². The van der Waals surface area contributed by atoms with Gasteiger partial charge in [-0.15, -0.1) is 22.0 Å². The maximum absolute atomic E-state index is 5.07. The van der Waals surface area contributed by atoms with E-state index < -0.39 is 0 Å². The molecule has 4 fully saturated rings. The molecule has 0 spiro atoms. The van der Waals surface area contributed by atoms with Gasteiger partial charge in [-0.05, 0) is 68.4 Å². The highest BCUT2D eigenvalue weighted by molar-refractivity contribution is 7.98. The molecule has 2 aromatic heterocycles. The molecule has 0 radical (unpaired) electrons. The SMILES string of the molecule is c1ccc(SCc2nnc3sc(C45CC6CC(CC(C6)C4)C5)nn23)cc1. The van der Waals surface area contributed by atoms with Crippen LogP contribution in [0.25, 0.3) is 4.96 Å². The Morgan fingerprint density at radius 1 is 1.00 bits per heavy atom. The zero-order valence-corrected chi connectivity index (χ0v) is 16.3. The summed E-state index contributed by atoms with van der Waals surface area (Å²) in [5.74, 6) is 4.63. The van der Waals surface area contributed by atoms with Crippen LogP contribution in [0.3, 0.4) is 0 Å². The Morgan fingerprint density at radius 2 is 1.69 bits per heavy atom. The summed E-state index contributed by atoms with van der Waals surface area (Å²) in [5, 5.41) is 15.2. The van der Waals surface area contributed by atoms with Crippen molar-refractivity contribution >= 4 is 28.1 Å². The van der Waals surface area contributed by atoms with Crippen molar-refractivity contribution in [3.8, 4) is 0 Å². The van der Waals surface area contributed by atoms with E-state index in [2.05, 4.69) is 40.5 Å². The van der Waals surface area contributed by atoms with Gasteiger partial charge in [0.25, 0.3) is 0 Å². The van der Waals surface area contributed by atoms with E-state index in [0.29, 0.717) is 5.41 Å². The van der Waals surface area contributed by atoms with Crippen molar-refractivity contribution in [3.63, 3.8) is 0 Å². The Balaban J connectivity index is 1.30. The molecule has 1 aromatic carbocycles. The zero-order valence-electron chi connectivity index (χ0n) is 14.7. The molecule has 0 atom stereocenters. The normalized spacial score (nSPS) is 32.5. The lowest BCUT2D eigenvalue weighted by atomic mass is 9.50. The van der Waals surface area contributed by atoms with E-state index in [1.165, 1.54) is 48.4 Å². The third kappa shape index (κ3) is 2.45. The van der Waals surface area contributed by atoms with Gasteiger partial charge in [-0.3, -0.25) is 0 Å². The Kier molecular flexibility index (Phi) is 3.49. The van der Waals surface area contributed by atoms with E-state index in [0.717, 1.165) is 34.3 Å². The average molecular weight is 383 g/mol. The lowest BCUT2D eigenvalue weighted by Crippen LogP contribution is -2.48. The third-order valence-corrected chi connectivity index (χ3v) is 8.81. The summed E-state index contributed by atoms with van der Waals surface area (Å²) in [4.78, 5) is 2.24. The van der Waals surface area contributed by atoms with Gasteiger partial charge in [0, 0.05) is 10.3 Å². The Bertz CT molecular complexity index is 910. The summed E-state index contributed by atoms with van der Waals surface area (Å²) in [6.45, 7) is 0. The van der Waals surface area contributed by atoms with E-state index in [9.17, 15) is 0 Å². The molecule has 134 valence electrons. The largest absolute Gasteiger partial charge is 0.234 e. The molecule has 3 aromatic rings. The van der Waals surface area contributed by atoms with Crippen LogP contribution in [0, 0.1) is 17.8 Å². The van der Waals surface area contributed by atoms with Crippen molar-refractivity contribution in [2.45, 2.75) is 54.6 Å². The Hall–Kier alpha value is -1.40. The molecule has 2 heterocycles. The number of hydrogen-bond donors (Lipinski definition) is 0. The molecule has 4 aliphatic carbocycles. The predicted octanol–water partition coefficient (Wildman–Crippen LogP) is 4.95. The van der Waals surface area contributed by atoms with Gasteiger partial charge in [0.1, 0.15) is 5.01 Å². The third-order valence-electron chi connectivity index (χ3n) is 6.66. The molecular weight excluding hydrogens is 360 g/mol. The minimum Gasteiger partial charge on any atom is -0.186 e. The molecule has 6 heteroatoms. The van der Waals surface area contributed by atoms with E-state index in [4.69, 9.17) is 5.10 Å². The number of thioether (sulfide) groups is 1. The van der Waals surface area contributed by atoms with Crippen LogP contribution in [0.2, 0.25) is 0 Å². The van der Waals surface area contributed by atoms with Gasteiger partial charge in [-0.2, -0.15) is 9.61 Å². The van der Waals surface area contributed by atoms with Crippen LogP contribution in [0.1, 0.15) is 49.4 Å². The molecule has 0 unspecified atom stereocenters. The maximum atomic E-state index is 5.07. The second-order valence-corrected chi connectivity index (χ2v) is 10.5. The van der Waals surface area contributed by atoms with Gasteiger partial charge >= 0.3 is 0 Å². The first-order chi connectivity index (χ1) is 12.8. The Morgan fingerprint density at radius 3 is 2.38 bits per heavy atom. The Labute approximate surface area is 161 Å². The van der Waals surface area contributed by atoms with Crippen LogP contribution in [-0.4, -0.2) is 19.8 Å². The van der Waals surface area contributed by atoms with Crippen LogP contribution in [0.15, 0.2) is 35.2 Å². The van der Waals surface area contributed by atoms with Crippen molar-refractivity contribution < 1.29 is 0 Å². The minimum absolute atomic E-state index is 0.351. The lowest BCUT2D eigenvalue weighted by Gasteiger charge is -2.55. The quantitative estimate of drug-likeness (QED) is 0.599. The number of aromatic nitrogens is 4. The number of hydrogen-bond acceptors (Lipinski definition) is 5. The number of nitrogens with zero attached hydrogens (tertiary/aromatic N) is 4. The van der Waals surface area contributed by atoms with Gasteiger partial charge in [-0.1, -0.05) is 29.5 Å². The van der Waals surface area contributed by atoms with Gasteiger partial charge in [0.05, 0.1) is 5.75 Å². The standard InChI is InChI=1S/C20H22N4S2/c1-2-4-16(5-3-1)25-12-17-21-22-19-24(17)23-18(26-19)20-9-13-6-14(10-20)8-15(7-13)11-20/h1-5,13-15H,6-12H2. The second-order valence-electron chi connectivity index (χ2n) is 8.52. The summed E-state index contributed by atoms with van der Waals surface area (Å²) in [6, 6.07) is 10.5. The van der Waals surface area contributed by atoms with Gasteiger partial charge in [-0.25, -0.2) is 0 Å². The molecule has 4 bridgehead atoms. The van der Waals surface area contributed by atoms with Gasteiger partial charge in [0.15, 0.2) is 5.82 Å². The van der Waals surface area contributed by atoms with Crippen molar-refractivity contribution in [2.24, 2.45) is 17.8 Å². The maximum Gasteiger partial charge on any atom is 0.234 e. The number of fused-ring (bicyclic) bond motifs is 1. The van der Waals surface area contributed by atoms with E-state index in [1.54, 1.807) is 23.1 Å². The minimum atomic E-state index is 0.351. The van der Waals surface area contributed by atoms with Crippen LogP contribution in [0.5, 0.6) is 0 Å². The molecule has 0 saturated heterocycles. The molecule has 4 nitrogen and oxygen atoms in total. The molecule has 4 aliphatic rings. The summed E-state index contributed by atoms with van der Waals surface area (Å²) in [5.41, 5.74) is 0.351. The molecule has 7 rings (SSSR count). The van der Waals surface area contributed by atoms with Crippen LogP contribution in [-0.2, 0) is 11.2 Å². The molecule has 4 saturated carbocycles. The van der Waals surface area contributed by atoms with Crippen molar-refractivity contribution in [1.82, 2.24) is 19.8 Å². The monoisotopic (exact) mass is 382 g/mol. The molecule has 26 heavy (non-hydrogen) atoms. The molecule has 0 aliphatic heterocycles. The average Bonchev–Trinajstić information content (AvgIpc) is 3.21. The van der Waals surface area contributed by atoms with Gasteiger partial charge < -0.3 is 0 Å². The smallest absolute Gasteiger partial charge is 0.186 e. The number of rotatable bonds is 4. The fourth-order valence-corrected chi connectivity index (χ4v) is 7.90. The highest BCUT2D eigenvalue weighted by atomic mass is 32.2. The van der Waals surface area contributed by atoms with E-state index in [-0.39, 0.29) is 0 Å². The molecular formula is C20H22N4S2. The first-order valence-corrected chi connectivity index (χ1v) is 11.5. The van der Waals surface area contributed by atoms with Crippen molar-refractivity contribution in [3.05, 3.63) is 41.2 Å². The van der Waals surface area contributed by atoms with E-state index >= 15 is 0 Å². The number of benzene rings is 1. The van der Waals surface area contributed by atoms with Crippen molar-refractivity contribution in [2.75, 3.05) is 0 Å². The lowest BCUT2D eigenvalue weighted by molar-refractivity contribution is -0.00567. The molecule has 0 N–H and O–H groups in total. The van der Waals surface area contributed by atoms with E-state index in [1.807, 2.05) is 4.52 Å². The van der Waals surface area contributed by atoms with Crippen LogP contribution >= 0.6 is 23.1 Å². The topological polar surface area (TPSA) is 43.1 Å². The predicted molar refractivity (Wildman–Crippen MR) is 105 cm³/mol. The summed E-state index contributed by atoms with van der Waals surface area (Å²) in [6.07, 6.45) is 8.50. The zero-order chi connectivity index (χ0) is 17.1.